The van der Waals surface area contributed by atoms with E-state index in [2.05, 4.69) is 31.8 Å². The molecule has 140 valence electrons. The van der Waals surface area contributed by atoms with E-state index in [0.717, 1.165) is 29.5 Å². The van der Waals surface area contributed by atoms with Crippen molar-refractivity contribution in [2.75, 3.05) is 0 Å². The van der Waals surface area contributed by atoms with Gasteiger partial charge >= 0.3 is 0 Å². The van der Waals surface area contributed by atoms with Crippen molar-refractivity contribution in [1.82, 2.24) is 30.1 Å². The maximum atomic E-state index is 12.8. The van der Waals surface area contributed by atoms with Crippen molar-refractivity contribution in [2.45, 2.75) is 32.7 Å². The van der Waals surface area contributed by atoms with Crippen LogP contribution < -0.4 is 5.32 Å². The molecule has 8 nitrogen and oxygen atoms in total. The molecule has 0 saturated heterocycles. The average molecular weight is 374 g/mol. The molecule has 1 atom stereocenters. The van der Waals surface area contributed by atoms with Gasteiger partial charge in [-0.05, 0) is 54.7 Å². The molecule has 3 aromatic heterocycles. The van der Waals surface area contributed by atoms with Crippen molar-refractivity contribution in [2.24, 2.45) is 0 Å². The predicted octanol–water partition coefficient (Wildman–Crippen LogP) is 2.81. The summed E-state index contributed by atoms with van der Waals surface area (Å²) in [6.45, 7) is 3.74. The van der Waals surface area contributed by atoms with Crippen molar-refractivity contribution in [3.05, 3.63) is 64.9 Å². The summed E-state index contributed by atoms with van der Waals surface area (Å²) in [5, 5.41) is 19.2. The Morgan fingerprint density at radius 2 is 2.04 bits per heavy atom. The molecule has 0 aliphatic heterocycles. The zero-order chi connectivity index (χ0) is 19.3. The Labute approximate surface area is 160 Å². The molecule has 1 aliphatic rings. The summed E-state index contributed by atoms with van der Waals surface area (Å²) in [7, 11) is 0. The minimum absolute atomic E-state index is 0.0573. The molecule has 0 radical (unpaired) electrons. The maximum Gasteiger partial charge on any atom is 0.290 e. The third-order valence-electron chi connectivity index (χ3n) is 5.05. The van der Waals surface area contributed by atoms with Crippen molar-refractivity contribution in [3.8, 4) is 11.5 Å². The molecule has 0 spiro atoms. The van der Waals surface area contributed by atoms with Crippen LogP contribution >= 0.6 is 0 Å². The van der Waals surface area contributed by atoms with Gasteiger partial charge in [0.15, 0.2) is 5.65 Å². The minimum atomic E-state index is -0.229. The van der Waals surface area contributed by atoms with Gasteiger partial charge in [0.2, 0.25) is 17.6 Å². The number of amides is 1. The number of aromatic nitrogens is 5. The monoisotopic (exact) mass is 374 g/mol. The molecule has 4 aromatic rings. The number of benzene rings is 1. The van der Waals surface area contributed by atoms with Gasteiger partial charge < -0.3 is 9.73 Å². The Morgan fingerprint density at radius 1 is 1.14 bits per heavy atom. The van der Waals surface area contributed by atoms with E-state index in [-0.39, 0.29) is 11.9 Å². The van der Waals surface area contributed by atoms with Crippen molar-refractivity contribution >= 4 is 11.6 Å². The average Bonchev–Trinajstić information content (AvgIpc) is 3.39. The van der Waals surface area contributed by atoms with Gasteiger partial charge in [-0.1, -0.05) is 12.1 Å². The highest BCUT2D eigenvalue weighted by molar-refractivity contribution is 5.91. The van der Waals surface area contributed by atoms with Crippen LogP contribution in [0.25, 0.3) is 17.1 Å². The van der Waals surface area contributed by atoms with Gasteiger partial charge in [-0.25, -0.2) is 0 Å². The molecule has 0 unspecified atom stereocenters. The molecule has 1 amide bonds. The van der Waals surface area contributed by atoms with Crippen molar-refractivity contribution in [1.29, 1.82) is 0 Å². The molecular weight excluding hydrogens is 356 g/mol. The highest BCUT2D eigenvalue weighted by Gasteiger charge is 2.26. The lowest BCUT2D eigenvalue weighted by Gasteiger charge is -2.13. The van der Waals surface area contributed by atoms with Crippen LogP contribution in [0.15, 0.2) is 40.9 Å². The van der Waals surface area contributed by atoms with E-state index in [4.69, 9.17) is 4.42 Å². The van der Waals surface area contributed by atoms with E-state index in [0.29, 0.717) is 23.3 Å². The van der Waals surface area contributed by atoms with Gasteiger partial charge in [0.05, 0.1) is 6.04 Å². The second-order valence-corrected chi connectivity index (χ2v) is 7.06. The minimum Gasteiger partial charge on any atom is -0.421 e. The first-order valence-electron chi connectivity index (χ1n) is 9.14. The smallest absolute Gasteiger partial charge is 0.290 e. The van der Waals surface area contributed by atoms with Crippen LogP contribution in [0.2, 0.25) is 0 Å². The first-order valence-corrected chi connectivity index (χ1v) is 9.14. The van der Waals surface area contributed by atoms with Crippen LogP contribution in [0, 0.1) is 13.8 Å². The summed E-state index contributed by atoms with van der Waals surface area (Å²) in [5.74, 6) is 1.12. The zero-order valence-electron chi connectivity index (χ0n) is 15.5. The summed E-state index contributed by atoms with van der Waals surface area (Å²) in [5.41, 5.74) is 4.88. The second-order valence-electron chi connectivity index (χ2n) is 7.06. The molecule has 0 saturated carbocycles. The number of nitrogens with zero attached hydrogens (tertiary/aromatic N) is 5. The summed E-state index contributed by atoms with van der Waals surface area (Å²) >= 11 is 0. The summed E-state index contributed by atoms with van der Waals surface area (Å²) in [6.07, 6.45) is 3.58. The van der Waals surface area contributed by atoms with Gasteiger partial charge in [-0.2, -0.15) is 0 Å². The molecule has 8 heteroatoms. The van der Waals surface area contributed by atoms with Crippen LogP contribution in [0.5, 0.6) is 0 Å². The van der Waals surface area contributed by atoms with Crippen LogP contribution in [0.1, 0.15) is 45.7 Å². The molecule has 3 heterocycles. The molecule has 0 fully saturated rings. The number of carbonyl (C=O) groups excluding carboxylic acids is 1. The van der Waals surface area contributed by atoms with Gasteiger partial charge in [0.25, 0.3) is 5.91 Å². The Morgan fingerprint density at radius 3 is 2.86 bits per heavy atom. The summed E-state index contributed by atoms with van der Waals surface area (Å²) in [6, 6.07) is 9.77. The third-order valence-corrected chi connectivity index (χ3v) is 5.05. The molecule has 1 aliphatic carbocycles. The fourth-order valence-corrected chi connectivity index (χ4v) is 3.69. The highest BCUT2D eigenvalue weighted by atomic mass is 16.4. The number of hydrogen-bond donors (Lipinski definition) is 1. The largest absolute Gasteiger partial charge is 0.421 e. The molecule has 28 heavy (non-hydrogen) atoms. The van der Waals surface area contributed by atoms with Gasteiger partial charge in [0, 0.05) is 18.7 Å². The van der Waals surface area contributed by atoms with E-state index in [9.17, 15) is 4.79 Å². The number of hydrogen-bond acceptors (Lipinski definition) is 6. The quantitative estimate of drug-likeness (QED) is 0.592. The van der Waals surface area contributed by atoms with Crippen molar-refractivity contribution < 1.29 is 9.21 Å². The zero-order valence-corrected chi connectivity index (χ0v) is 15.5. The lowest BCUT2D eigenvalue weighted by molar-refractivity contribution is 0.0925. The standard InChI is InChI=1S/C20H18N6O2/c1-11-3-8-17-23-24-18(26(17)10-11)19(27)21-16-7-5-13-9-14(4-6-15(13)16)20-25-22-12(2)28-20/h3-4,6,8-10,16H,5,7H2,1-2H3,(H,21,27)/t16-/m1/s1. The molecule has 5 rings (SSSR count). The maximum absolute atomic E-state index is 12.8. The number of nitrogens with one attached hydrogen (secondary N) is 1. The Kier molecular flexibility index (Phi) is 3.71. The molecular formula is C20H18N6O2. The van der Waals surface area contributed by atoms with E-state index in [1.807, 2.05) is 37.4 Å². The fourth-order valence-electron chi connectivity index (χ4n) is 3.69. The van der Waals surface area contributed by atoms with E-state index >= 15 is 0 Å². The Hall–Kier alpha value is -3.55. The highest BCUT2D eigenvalue weighted by Crippen LogP contribution is 2.34. The first-order chi connectivity index (χ1) is 13.6. The normalized spacial score (nSPS) is 15.7. The predicted molar refractivity (Wildman–Crippen MR) is 101 cm³/mol. The number of fused-ring (bicyclic) bond motifs is 2. The van der Waals surface area contributed by atoms with E-state index in [1.54, 1.807) is 11.3 Å². The van der Waals surface area contributed by atoms with Gasteiger partial charge in [-0.3, -0.25) is 9.20 Å². The number of carbonyl (C=O) groups is 1. The summed E-state index contributed by atoms with van der Waals surface area (Å²) in [4.78, 5) is 12.8. The van der Waals surface area contributed by atoms with Crippen LogP contribution in [-0.4, -0.2) is 30.7 Å². The van der Waals surface area contributed by atoms with Crippen molar-refractivity contribution in [3.63, 3.8) is 0 Å². The Bertz CT molecular complexity index is 1210. The van der Waals surface area contributed by atoms with Crippen LogP contribution in [-0.2, 0) is 6.42 Å². The molecule has 1 N–H and O–H groups in total. The van der Waals surface area contributed by atoms with Gasteiger partial charge in [0.1, 0.15) is 0 Å². The number of pyridine rings is 1. The first kappa shape index (κ1) is 16.6. The molecule has 0 bridgehead atoms. The lowest BCUT2D eigenvalue weighted by atomic mass is 10.0. The lowest BCUT2D eigenvalue weighted by Crippen LogP contribution is -2.28. The third kappa shape index (κ3) is 2.74. The fraction of sp³-hybridized carbons (Fsp3) is 0.250. The van der Waals surface area contributed by atoms with Gasteiger partial charge in [-0.15, -0.1) is 20.4 Å². The Balaban J connectivity index is 1.40. The number of aryl methyl sites for hydroxylation is 3. The SMILES string of the molecule is Cc1ccc2nnc(C(=O)N[C@@H]3CCc4cc(-c5nnc(C)o5)ccc43)n2c1. The second kappa shape index (κ2) is 6.26. The van der Waals surface area contributed by atoms with E-state index in [1.165, 1.54) is 5.56 Å². The summed E-state index contributed by atoms with van der Waals surface area (Å²) < 4.78 is 7.23. The number of rotatable bonds is 3. The van der Waals surface area contributed by atoms with Crippen LogP contribution in [0.3, 0.4) is 0 Å². The topological polar surface area (TPSA) is 98.2 Å². The van der Waals surface area contributed by atoms with Crippen LogP contribution in [0.4, 0.5) is 0 Å². The molecule has 1 aromatic carbocycles. The van der Waals surface area contributed by atoms with E-state index < -0.39 is 0 Å².